The van der Waals surface area contributed by atoms with Gasteiger partial charge in [-0.05, 0) is 111 Å². The van der Waals surface area contributed by atoms with E-state index in [1.165, 1.54) is 9.91 Å². The van der Waals surface area contributed by atoms with Crippen molar-refractivity contribution in [3.05, 3.63) is 58.9 Å². The molecule has 3 amide bonds. The van der Waals surface area contributed by atoms with Crippen LogP contribution in [-0.2, 0) is 52.8 Å². The molecule has 0 radical (unpaired) electrons. The van der Waals surface area contributed by atoms with Crippen LogP contribution in [0.1, 0.15) is 96.9 Å². The Morgan fingerprint density at radius 2 is 1.88 bits per heavy atom. The van der Waals surface area contributed by atoms with Crippen LogP contribution in [0.3, 0.4) is 0 Å². The number of aromatic hydroxyl groups is 1. The number of phenolic OH excluding ortho intramolecular Hbond substituents is 1. The first-order valence-electron chi connectivity index (χ1n) is 24.7. The number of hydrogen-bond acceptors (Lipinski definition) is 12. The van der Waals surface area contributed by atoms with Crippen LogP contribution < -0.4 is 21.4 Å². The number of hydrogen-bond donors (Lipinski definition) is 5. The first kappa shape index (κ1) is 49.3. The number of aryl methyl sites for hydroxylation is 1. The Morgan fingerprint density at radius 3 is 2.60 bits per heavy atom. The maximum atomic E-state index is 14.8. The SMILES string of the molecule is CCn1c(C2=C([C@H](C)OC)N=CCC2)c2c3cc(ccc31)-c1cc(O)cc(c1)C[C@H](NC(=O)[C@H](C(C)C)N(C)C(=O)C1CC(NCOC[C@H]3CN3)C1)C(=O)N1CCC[C@H](N1)C(=O)OCC(C)(C)C2. The molecular formula is C52H72N8O8. The van der Waals surface area contributed by atoms with E-state index in [4.69, 9.17) is 19.2 Å². The fraction of sp³-hybridized carbons (Fsp3) is 0.596. The van der Waals surface area contributed by atoms with Gasteiger partial charge in [-0.3, -0.25) is 34.5 Å². The summed E-state index contributed by atoms with van der Waals surface area (Å²) in [4.78, 5) is 63.6. The molecule has 16 heteroatoms. The van der Waals surface area contributed by atoms with Crippen LogP contribution in [0.25, 0.3) is 27.6 Å². The molecule has 5 heterocycles. The predicted octanol–water partition coefficient (Wildman–Crippen LogP) is 5.09. The van der Waals surface area contributed by atoms with Gasteiger partial charge in [0.1, 0.15) is 23.9 Å². The van der Waals surface area contributed by atoms with Crippen molar-refractivity contribution in [2.24, 2.45) is 22.2 Å². The molecule has 3 fully saturated rings. The summed E-state index contributed by atoms with van der Waals surface area (Å²) in [6, 6.07) is 9.48. The summed E-state index contributed by atoms with van der Waals surface area (Å²) in [6.45, 7) is 15.4. The number of nitrogens with one attached hydrogen (secondary N) is 4. The van der Waals surface area contributed by atoms with Crippen molar-refractivity contribution < 1.29 is 38.5 Å². The molecule has 16 nitrogen and oxygen atoms in total. The van der Waals surface area contributed by atoms with E-state index in [9.17, 15) is 24.3 Å². The highest BCUT2D eigenvalue weighted by atomic mass is 16.5. The number of hydrazine groups is 1. The van der Waals surface area contributed by atoms with Crippen molar-refractivity contribution in [2.45, 2.75) is 136 Å². The van der Waals surface area contributed by atoms with Crippen molar-refractivity contribution in [1.29, 1.82) is 0 Å². The van der Waals surface area contributed by atoms with Crippen LogP contribution in [0.2, 0.25) is 0 Å². The Bertz CT molecular complexity index is 2430. The van der Waals surface area contributed by atoms with Gasteiger partial charge in [-0.1, -0.05) is 39.8 Å². The van der Waals surface area contributed by atoms with Gasteiger partial charge in [0, 0.05) is 86.3 Å². The summed E-state index contributed by atoms with van der Waals surface area (Å²) in [7, 11) is 3.36. The molecule has 1 saturated carbocycles. The number of cyclic esters (lactones) is 1. The minimum atomic E-state index is -1.12. The van der Waals surface area contributed by atoms with Gasteiger partial charge < -0.3 is 39.4 Å². The average molecular weight is 937 g/mol. The predicted molar refractivity (Wildman–Crippen MR) is 261 cm³/mol. The molecule has 8 rings (SSSR count). The average Bonchev–Trinajstić information content (AvgIpc) is 4.09. The molecule has 2 saturated heterocycles. The topological polar surface area (TPSA) is 198 Å². The molecule has 68 heavy (non-hydrogen) atoms. The maximum Gasteiger partial charge on any atom is 0.324 e. The number of methoxy groups -OCH3 is 1. The largest absolute Gasteiger partial charge is 0.508 e. The Balaban J connectivity index is 1.13. The van der Waals surface area contributed by atoms with Gasteiger partial charge in [0.25, 0.3) is 5.91 Å². The summed E-state index contributed by atoms with van der Waals surface area (Å²) >= 11 is 0. The minimum absolute atomic E-state index is 0.0187. The van der Waals surface area contributed by atoms with Gasteiger partial charge in [0.15, 0.2) is 0 Å². The number of allylic oxidation sites excluding steroid dienone is 1. The summed E-state index contributed by atoms with van der Waals surface area (Å²) in [5, 5.41) is 23.5. The smallest absolute Gasteiger partial charge is 0.324 e. The number of aromatic nitrogens is 1. The first-order chi connectivity index (χ1) is 32.5. The van der Waals surface area contributed by atoms with Gasteiger partial charge in [-0.2, -0.15) is 0 Å². The zero-order valence-corrected chi connectivity index (χ0v) is 41.2. The van der Waals surface area contributed by atoms with Gasteiger partial charge in [-0.15, -0.1) is 0 Å². The number of ether oxygens (including phenoxy) is 3. The lowest BCUT2D eigenvalue weighted by molar-refractivity contribution is -0.155. The number of benzene rings is 2. The van der Waals surface area contributed by atoms with E-state index in [1.807, 2.05) is 33.1 Å². The quantitative estimate of drug-likeness (QED) is 0.0625. The van der Waals surface area contributed by atoms with E-state index < -0.39 is 41.3 Å². The number of rotatable bonds is 14. The number of esters is 1. The first-order valence-corrected chi connectivity index (χ1v) is 24.7. The van der Waals surface area contributed by atoms with E-state index in [0.29, 0.717) is 70.1 Å². The van der Waals surface area contributed by atoms with Crippen LogP contribution in [-0.4, -0.2) is 133 Å². The standard InChI is InChI=1S/C52H72N8O8/c1-9-59-44-15-14-33-24-40(44)41(47(59)39-12-10-16-53-45(39)31(4)66-8)25-52(5,6)28-68-51(65)42-13-11-17-60(57-42)50(64)43(20-32-18-34(33)23-38(61)19-32)56-48(62)46(30(2)3)58(7)49(63)35-21-36(22-35)55-29-67-27-37-26-54-37/h14-16,18-19,23-24,30-31,35-37,42-43,46,54-55,57,61H,9-13,17,20-22,25-29H2,1-8H3,(H,56,62)/t31-,35?,36?,37+,42-,43-,46-/m0/s1. The molecule has 5 atom stereocenters. The molecule has 1 aliphatic carbocycles. The Hall–Kier alpha value is -5.13. The van der Waals surface area contributed by atoms with Crippen molar-refractivity contribution in [1.82, 2.24) is 35.9 Å². The molecule has 0 unspecified atom stereocenters. The van der Waals surface area contributed by atoms with Crippen LogP contribution in [0.5, 0.6) is 5.75 Å². The van der Waals surface area contributed by atoms with Gasteiger partial charge in [0.2, 0.25) is 11.8 Å². The number of phenols is 1. The van der Waals surface area contributed by atoms with Crippen molar-refractivity contribution in [3.63, 3.8) is 0 Å². The van der Waals surface area contributed by atoms with E-state index in [0.717, 1.165) is 63.9 Å². The number of carbonyl (C=O) groups excluding carboxylic acids is 4. The van der Waals surface area contributed by atoms with Crippen LogP contribution in [0.15, 0.2) is 47.1 Å². The van der Waals surface area contributed by atoms with E-state index >= 15 is 0 Å². The third kappa shape index (κ3) is 10.8. The van der Waals surface area contributed by atoms with Crippen LogP contribution in [0.4, 0.5) is 0 Å². The number of fused-ring (bicyclic) bond motifs is 6. The maximum absolute atomic E-state index is 14.8. The molecule has 4 aliphatic heterocycles. The second-order valence-electron chi connectivity index (χ2n) is 20.6. The molecule has 3 aromatic rings. The zero-order valence-electron chi connectivity index (χ0n) is 41.2. The Morgan fingerprint density at radius 1 is 1.10 bits per heavy atom. The summed E-state index contributed by atoms with van der Waals surface area (Å²) in [5.74, 6) is -1.96. The molecular weight excluding hydrogens is 865 g/mol. The molecule has 6 bridgehead atoms. The fourth-order valence-corrected chi connectivity index (χ4v) is 10.5. The molecule has 5 N–H and O–H groups in total. The Kier molecular flexibility index (Phi) is 15.1. The summed E-state index contributed by atoms with van der Waals surface area (Å²) < 4.78 is 20.0. The minimum Gasteiger partial charge on any atom is -0.508 e. The van der Waals surface area contributed by atoms with Crippen LogP contribution >= 0.6 is 0 Å². The number of likely N-dealkylation sites (N-methyl/N-ethyl adjacent to an activating group) is 1. The monoisotopic (exact) mass is 937 g/mol. The van der Waals surface area contributed by atoms with Crippen molar-refractivity contribution in [2.75, 3.05) is 47.2 Å². The fourth-order valence-electron chi connectivity index (χ4n) is 10.5. The molecule has 5 aliphatic rings. The van der Waals surface area contributed by atoms with E-state index in [1.54, 1.807) is 26.3 Å². The molecule has 368 valence electrons. The van der Waals surface area contributed by atoms with Gasteiger partial charge >= 0.3 is 5.97 Å². The van der Waals surface area contributed by atoms with Crippen molar-refractivity contribution >= 4 is 46.4 Å². The normalized spacial score (nSPS) is 24.8. The lowest BCUT2D eigenvalue weighted by atomic mass is 9.79. The van der Waals surface area contributed by atoms with E-state index in [2.05, 4.69) is 64.9 Å². The van der Waals surface area contributed by atoms with E-state index in [-0.39, 0.29) is 48.7 Å². The number of amides is 3. The molecule has 0 spiro atoms. The van der Waals surface area contributed by atoms with Gasteiger partial charge in [-0.25, -0.2) is 5.43 Å². The lowest BCUT2D eigenvalue weighted by Gasteiger charge is -2.40. The highest BCUT2D eigenvalue weighted by Crippen LogP contribution is 2.42. The zero-order chi connectivity index (χ0) is 48.4. The lowest BCUT2D eigenvalue weighted by Crippen LogP contribution is -2.62. The number of aliphatic imine (C=N–C) groups is 1. The van der Waals surface area contributed by atoms with Crippen molar-refractivity contribution in [3.8, 4) is 16.9 Å². The second-order valence-corrected chi connectivity index (χ2v) is 20.6. The Labute approximate surface area is 400 Å². The highest BCUT2D eigenvalue weighted by Gasteiger charge is 2.42. The molecule has 1 aromatic heterocycles. The number of carbonyl (C=O) groups is 4. The summed E-state index contributed by atoms with van der Waals surface area (Å²) in [6.07, 6.45) is 6.24. The third-order valence-electron chi connectivity index (χ3n) is 14.4. The number of nitrogens with zero attached hydrogens (tertiary/aromatic N) is 4. The van der Waals surface area contributed by atoms with Gasteiger partial charge in [0.05, 0.1) is 37.4 Å². The van der Waals surface area contributed by atoms with Crippen LogP contribution in [0, 0.1) is 17.3 Å². The third-order valence-corrected chi connectivity index (χ3v) is 14.4. The second kappa shape index (κ2) is 20.8. The summed E-state index contributed by atoms with van der Waals surface area (Å²) in [5.41, 5.74) is 10.2. The molecule has 2 aromatic carbocycles. The highest BCUT2D eigenvalue weighted by molar-refractivity contribution is 5.96.